The van der Waals surface area contributed by atoms with Crippen LogP contribution in [0, 0.1) is 22.7 Å². The zero-order valence-corrected chi connectivity index (χ0v) is 17.6. The first-order valence-corrected chi connectivity index (χ1v) is 9.72. The van der Waals surface area contributed by atoms with Gasteiger partial charge >= 0.3 is 0 Å². The van der Waals surface area contributed by atoms with Crippen molar-refractivity contribution in [2.24, 2.45) is 22.7 Å². The molecule has 0 radical (unpaired) electrons. The van der Waals surface area contributed by atoms with Crippen molar-refractivity contribution in [3.8, 4) is 0 Å². The van der Waals surface area contributed by atoms with Crippen molar-refractivity contribution < 1.29 is 9.53 Å². The summed E-state index contributed by atoms with van der Waals surface area (Å²) in [6.45, 7) is 18.3. The fourth-order valence-corrected chi connectivity index (χ4v) is 4.07. The number of Topliss-reactive ketones (excluding diaryl/α,β-unsaturated/α-hetero) is 1. The third-order valence-corrected chi connectivity index (χ3v) is 5.40. The van der Waals surface area contributed by atoms with Crippen LogP contribution in [0.15, 0.2) is 30.3 Å². The van der Waals surface area contributed by atoms with Gasteiger partial charge in [-0.1, -0.05) is 98.6 Å². The number of carbonyl (C=O) groups excluding carboxylic acids is 1. The zero-order valence-electron chi connectivity index (χ0n) is 17.6. The molecular formula is C23H38O2. The van der Waals surface area contributed by atoms with E-state index in [1.54, 1.807) is 0 Å². The highest BCUT2D eigenvalue weighted by atomic mass is 16.5. The van der Waals surface area contributed by atoms with Gasteiger partial charge < -0.3 is 4.74 Å². The summed E-state index contributed by atoms with van der Waals surface area (Å²) in [5.41, 5.74) is 1.02. The van der Waals surface area contributed by atoms with Gasteiger partial charge in [0.05, 0.1) is 6.10 Å². The summed E-state index contributed by atoms with van der Waals surface area (Å²) in [5.74, 6) is 0.902. The van der Waals surface area contributed by atoms with Crippen LogP contribution in [0.25, 0.3) is 0 Å². The molecule has 1 aromatic rings. The number of ether oxygens (including phenoxy) is 1. The van der Waals surface area contributed by atoms with Gasteiger partial charge in [0.2, 0.25) is 0 Å². The van der Waals surface area contributed by atoms with Crippen LogP contribution < -0.4 is 0 Å². The van der Waals surface area contributed by atoms with E-state index in [4.69, 9.17) is 4.74 Å². The fourth-order valence-electron chi connectivity index (χ4n) is 4.07. The molecule has 2 unspecified atom stereocenters. The first-order valence-electron chi connectivity index (χ1n) is 9.72. The normalized spacial score (nSPS) is 16.3. The van der Waals surface area contributed by atoms with Crippen molar-refractivity contribution in [3.05, 3.63) is 35.9 Å². The molecule has 0 bridgehead atoms. The maximum atomic E-state index is 12.5. The maximum Gasteiger partial charge on any atom is 0.188 e. The molecule has 25 heavy (non-hydrogen) atoms. The lowest BCUT2D eigenvalue weighted by atomic mass is 9.66. The van der Waals surface area contributed by atoms with Crippen LogP contribution in [0.1, 0.15) is 78.6 Å². The van der Waals surface area contributed by atoms with Gasteiger partial charge in [-0.05, 0) is 22.7 Å². The molecule has 1 rings (SSSR count). The third kappa shape index (κ3) is 6.26. The Kier molecular flexibility index (Phi) is 7.87. The van der Waals surface area contributed by atoms with E-state index >= 15 is 0 Å². The predicted octanol–water partition coefficient (Wildman–Crippen LogP) is 6.40. The monoisotopic (exact) mass is 346 g/mol. The molecule has 0 spiro atoms. The molecule has 0 aliphatic rings. The molecule has 2 atom stereocenters. The van der Waals surface area contributed by atoms with Gasteiger partial charge in [0.1, 0.15) is 6.61 Å². The average Bonchev–Trinajstić information content (AvgIpc) is 2.51. The summed E-state index contributed by atoms with van der Waals surface area (Å²) in [5, 5.41) is 0. The maximum absolute atomic E-state index is 12.5. The van der Waals surface area contributed by atoms with Gasteiger partial charge in [-0.15, -0.1) is 0 Å². The van der Waals surface area contributed by atoms with E-state index in [0.717, 1.165) is 18.4 Å². The number of hydrogen-bond acceptors (Lipinski definition) is 2. The Labute approximate surface area is 155 Å². The van der Waals surface area contributed by atoms with Crippen LogP contribution in [-0.4, -0.2) is 18.5 Å². The molecule has 0 fully saturated rings. The number of hydrogen-bond donors (Lipinski definition) is 0. The second-order valence-corrected chi connectivity index (χ2v) is 9.33. The standard InChI is InChI=1S/C23H38O2/c1-9-18(22(3,4)5)21(19(10-2)23(6,7)8)25-16-20(24)17-14-12-11-13-15-17/h11-15,18-19,21H,9-10,16H2,1-8H3. The predicted molar refractivity (Wildman–Crippen MR) is 107 cm³/mol. The third-order valence-electron chi connectivity index (χ3n) is 5.40. The van der Waals surface area contributed by atoms with Crippen molar-refractivity contribution in [2.45, 2.75) is 74.3 Å². The lowest BCUT2D eigenvalue weighted by Gasteiger charge is -2.44. The molecule has 0 aliphatic carbocycles. The molecule has 0 aliphatic heterocycles. The summed E-state index contributed by atoms with van der Waals surface area (Å²) >= 11 is 0. The topological polar surface area (TPSA) is 26.3 Å². The van der Waals surface area contributed by atoms with Crippen LogP contribution in [0.4, 0.5) is 0 Å². The Hall–Kier alpha value is -1.15. The number of benzene rings is 1. The van der Waals surface area contributed by atoms with E-state index in [-0.39, 0.29) is 29.3 Å². The van der Waals surface area contributed by atoms with Gasteiger partial charge in [-0.2, -0.15) is 0 Å². The van der Waals surface area contributed by atoms with E-state index in [9.17, 15) is 4.79 Å². The summed E-state index contributed by atoms with van der Waals surface area (Å²) < 4.78 is 6.37. The Balaban J connectivity index is 3.04. The van der Waals surface area contributed by atoms with Crippen LogP contribution in [-0.2, 0) is 4.74 Å². The zero-order chi connectivity index (χ0) is 19.3. The minimum absolute atomic E-state index is 0.0677. The highest BCUT2D eigenvalue weighted by Crippen LogP contribution is 2.42. The number of ketones is 1. The van der Waals surface area contributed by atoms with Gasteiger partial charge in [0.25, 0.3) is 0 Å². The highest BCUT2D eigenvalue weighted by molar-refractivity contribution is 5.97. The first-order chi connectivity index (χ1) is 11.5. The van der Waals surface area contributed by atoms with E-state index in [1.807, 2.05) is 30.3 Å². The van der Waals surface area contributed by atoms with E-state index in [0.29, 0.717) is 11.8 Å². The highest BCUT2D eigenvalue weighted by Gasteiger charge is 2.40. The minimum atomic E-state index is 0.0677. The summed E-state index contributed by atoms with van der Waals surface area (Å²) in [6.07, 6.45) is 2.20. The molecule has 142 valence electrons. The largest absolute Gasteiger partial charge is 0.369 e. The van der Waals surface area contributed by atoms with Crippen molar-refractivity contribution in [3.63, 3.8) is 0 Å². The lowest BCUT2D eigenvalue weighted by Crippen LogP contribution is -2.44. The van der Waals surface area contributed by atoms with Crippen molar-refractivity contribution in [2.75, 3.05) is 6.61 Å². The van der Waals surface area contributed by atoms with E-state index in [1.165, 1.54) is 0 Å². The van der Waals surface area contributed by atoms with Crippen LogP contribution >= 0.6 is 0 Å². The van der Waals surface area contributed by atoms with Crippen LogP contribution in [0.2, 0.25) is 0 Å². The smallest absolute Gasteiger partial charge is 0.188 e. The summed E-state index contributed by atoms with van der Waals surface area (Å²) in [7, 11) is 0. The Bertz CT molecular complexity index is 497. The quantitative estimate of drug-likeness (QED) is 0.509. The molecule has 2 heteroatoms. The molecule has 2 nitrogen and oxygen atoms in total. The number of carbonyl (C=O) groups is 1. The van der Waals surface area contributed by atoms with Crippen molar-refractivity contribution in [1.29, 1.82) is 0 Å². The molecule has 0 amide bonds. The Morgan fingerprint density at radius 1 is 0.880 bits per heavy atom. The molecule has 1 aromatic carbocycles. The van der Waals surface area contributed by atoms with Crippen LogP contribution in [0.5, 0.6) is 0 Å². The summed E-state index contributed by atoms with van der Waals surface area (Å²) in [4.78, 5) is 12.5. The minimum Gasteiger partial charge on any atom is -0.369 e. The molecule has 0 N–H and O–H groups in total. The number of rotatable bonds is 8. The molecule has 0 saturated heterocycles. The SMILES string of the molecule is CCC(C(OCC(=O)c1ccccc1)C(CC)C(C)(C)C)C(C)(C)C. The lowest BCUT2D eigenvalue weighted by molar-refractivity contribution is -0.0807. The Morgan fingerprint density at radius 3 is 1.68 bits per heavy atom. The van der Waals surface area contributed by atoms with Crippen LogP contribution in [0.3, 0.4) is 0 Å². The fraction of sp³-hybridized carbons (Fsp3) is 0.696. The molecule has 0 aromatic heterocycles. The van der Waals surface area contributed by atoms with E-state index in [2.05, 4.69) is 55.4 Å². The van der Waals surface area contributed by atoms with Crippen molar-refractivity contribution >= 4 is 5.78 Å². The van der Waals surface area contributed by atoms with Gasteiger partial charge in [-0.25, -0.2) is 0 Å². The van der Waals surface area contributed by atoms with Gasteiger partial charge in [-0.3, -0.25) is 4.79 Å². The first kappa shape index (κ1) is 21.9. The van der Waals surface area contributed by atoms with Crippen molar-refractivity contribution in [1.82, 2.24) is 0 Å². The molecule has 0 heterocycles. The Morgan fingerprint density at radius 2 is 1.32 bits per heavy atom. The second kappa shape index (κ2) is 8.98. The van der Waals surface area contributed by atoms with Gasteiger partial charge in [0, 0.05) is 5.56 Å². The average molecular weight is 347 g/mol. The molecular weight excluding hydrogens is 308 g/mol. The molecule has 0 saturated carbocycles. The second-order valence-electron chi connectivity index (χ2n) is 9.33. The van der Waals surface area contributed by atoms with Gasteiger partial charge in [0.15, 0.2) is 5.78 Å². The summed E-state index contributed by atoms with van der Waals surface area (Å²) in [6, 6.07) is 9.46. The van der Waals surface area contributed by atoms with E-state index < -0.39 is 0 Å².